The molecule has 2 aliphatic heterocycles. The Hall–Kier alpha value is -2.99. The van der Waals surface area contributed by atoms with Crippen molar-refractivity contribution in [3.8, 4) is 17.2 Å². The van der Waals surface area contributed by atoms with Gasteiger partial charge in [-0.05, 0) is 63.1 Å². The number of carbonyl (C=O) groups excluding carboxylic acids is 1. The molecular formula is C29H36N2O4. The lowest BCUT2D eigenvalue weighted by atomic mass is 9.89. The van der Waals surface area contributed by atoms with E-state index in [0.29, 0.717) is 29.5 Å². The van der Waals surface area contributed by atoms with E-state index in [-0.39, 0.29) is 5.78 Å². The molecule has 3 heterocycles. The number of aryl methyl sites for hydroxylation is 1. The Labute approximate surface area is 207 Å². The fourth-order valence-electron chi connectivity index (χ4n) is 5.67. The second kappa shape index (κ2) is 9.23. The fourth-order valence-corrected chi connectivity index (χ4v) is 5.67. The van der Waals surface area contributed by atoms with Gasteiger partial charge >= 0.3 is 0 Å². The molecule has 0 atom stereocenters. The Morgan fingerprint density at radius 1 is 1.06 bits per heavy atom. The molecule has 1 saturated heterocycles. The number of ketones is 1. The molecule has 0 aliphatic carbocycles. The largest absolute Gasteiger partial charge is 0.496 e. The lowest BCUT2D eigenvalue weighted by Gasteiger charge is -2.35. The van der Waals surface area contributed by atoms with Gasteiger partial charge in [-0.25, -0.2) is 0 Å². The van der Waals surface area contributed by atoms with Crippen molar-refractivity contribution in [2.75, 3.05) is 33.9 Å². The summed E-state index contributed by atoms with van der Waals surface area (Å²) in [7, 11) is 3.25. The zero-order valence-electron chi connectivity index (χ0n) is 21.5. The Kier molecular flexibility index (Phi) is 6.26. The number of rotatable bonds is 6. The second-order valence-corrected chi connectivity index (χ2v) is 10.5. The molecule has 0 radical (unpaired) electrons. The first-order chi connectivity index (χ1) is 16.8. The molecule has 0 N–H and O–H groups in total. The molecule has 35 heavy (non-hydrogen) atoms. The van der Waals surface area contributed by atoms with Crippen LogP contribution in [0.1, 0.15) is 60.6 Å². The van der Waals surface area contributed by atoms with Crippen molar-refractivity contribution in [1.82, 2.24) is 9.47 Å². The van der Waals surface area contributed by atoms with Gasteiger partial charge in [0.25, 0.3) is 0 Å². The zero-order chi connectivity index (χ0) is 24.7. The highest BCUT2D eigenvalue weighted by atomic mass is 16.5. The molecule has 1 fully saturated rings. The molecule has 186 valence electrons. The van der Waals surface area contributed by atoms with Gasteiger partial charge < -0.3 is 23.7 Å². The van der Waals surface area contributed by atoms with Crippen molar-refractivity contribution in [1.29, 1.82) is 0 Å². The number of Topliss-reactive ketones (excluding diaryl/α,β-unsaturated/α-hetero) is 1. The summed E-state index contributed by atoms with van der Waals surface area (Å²) in [5.41, 5.74) is 3.60. The number of likely N-dealkylation sites (tertiary alicyclic amines) is 1. The van der Waals surface area contributed by atoms with E-state index in [0.717, 1.165) is 50.2 Å². The number of hydrogen-bond acceptors (Lipinski definition) is 5. The molecule has 0 spiro atoms. The first-order valence-electron chi connectivity index (χ1n) is 12.6. The number of benzene rings is 2. The minimum absolute atomic E-state index is 0.0620. The van der Waals surface area contributed by atoms with Crippen molar-refractivity contribution in [3.05, 3.63) is 53.2 Å². The highest BCUT2D eigenvalue weighted by Crippen LogP contribution is 2.45. The summed E-state index contributed by atoms with van der Waals surface area (Å²) in [5, 5.41) is 1.31. The first kappa shape index (κ1) is 23.7. The summed E-state index contributed by atoms with van der Waals surface area (Å²) >= 11 is 0. The van der Waals surface area contributed by atoms with E-state index in [9.17, 15) is 4.79 Å². The highest BCUT2D eigenvalue weighted by molar-refractivity contribution is 6.03. The van der Waals surface area contributed by atoms with Gasteiger partial charge in [-0.3, -0.25) is 4.79 Å². The van der Waals surface area contributed by atoms with Gasteiger partial charge in [-0.2, -0.15) is 0 Å². The van der Waals surface area contributed by atoms with E-state index >= 15 is 0 Å². The summed E-state index contributed by atoms with van der Waals surface area (Å²) in [6.45, 7) is 9.06. The average Bonchev–Trinajstić information content (AvgIpc) is 3.24. The smallest absolute Gasteiger partial charge is 0.174 e. The average molecular weight is 477 g/mol. The zero-order valence-corrected chi connectivity index (χ0v) is 21.5. The molecular weight excluding hydrogens is 440 g/mol. The van der Waals surface area contributed by atoms with Crippen molar-refractivity contribution in [3.63, 3.8) is 0 Å². The third-order valence-corrected chi connectivity index (χ3v) is 7.50. The predicted octanol–water partition coefficient (Wildman–Crippen LogP) is 5.59. The van der Waals surface area contributed by atoms with Crippen molar-refractivity contribution >= 4 is 16.7 Å². The number of ether oxygens (including phenoxy) is 3. The lowest BCUT2D eigenvalue weighted by molar-refractivity contribution is 0.0603. The Morgan fingerprint density at radius 2 is 1.80 bits per heavy atom. The van der Waals surface area contributed by atoms with E-state index < -0.39 is 5.60 Å². The van der Waals surface area contributed by atoms with Crippen LogP contribution in [0, 0.1) is 6.92 Å². The summed E-state index contributed by atoms with van der Waals surface area (Å²) in [4.78, 5) is 15.5. The highest BCUT2D eigenvalue weighted by Gasteiger charge is 2.37. The number of nitrogens with zero attached hydrogens (tertiary/aromatic N) is 2. The van der Waals surface area contributed by atoms with Gasteiger partial charge in [-0.1, -0.05) is 12.1 Å². The van der Waals surface area contributed by atoms with Gasteiger partial charge in [-0.15, -0.1) is 0 Å². The van der Waals surface area contributed by atoms with Crippen LogP contribution in [0.5, 0.6) is 17.2 Å². The molecule has 0 bridgehead atoms. The van der Waals surface area contributed by atoms with Crippen LogP contribution in [0.4, 0.5) is 0 Å². The fraction of sp³-hybridized carbons (Fsp3) is 0.483. The van der Waals surface area contributed by atoms with Gasteiger partial charge in [0.05, 0.1) is 20.6 Å². The van der Waals surface area contributed by atoms with Crippen LogP contribution in [-0.4, -0.2) is 54.7 Å². The summed E-state index contributed by atoms with van der Waals surface area (Å²) < 4.78 is 20.1. The topological polar surface area (TPSA) is 52.9 Å². The van der Waals surface area contributed by atoms with Gasteiger partial charge in [0, 0.05) is 49.0 Å². The molecule has 3 aromatic rings. The van der Waals surface area contributed by atoms with Crippen LogP contribution in [0.2, 0.25) is 0 Å². The predicted molar refractivity (Wildman–Crippen MR) is 138 cm³/mol. The van der Waals surface area contributed by atoms with Gasteiger partial charge in [0.2, 0.25) is 0 Å². The molecule has 6 heteroatoms. The molecule has 2 aromatic carbocycles. The van der Waals surface area contributed by atoms with E-state index in [1.54, 1.807) is 14.2 Å². The maximum atomic E-state index is 13.0. The minimum Gasteiger partial charge on any atom is -0.496 e. The van der Waals surface area contributed by atoms with Crippen molar-refractivity contribution in [2.24, 2.45) is 0 Å². The SMILES string of the molecule is COc1cc(OC)c2c(c1CCN1CCC(n3ccc4ccc(C)cc43)CC1)OC(C)(C)CC2=O. The summed E-state index contributed by atoms with van der Waals surface area (Å²) in [6.07, 6.45) is 5.59. The molecule has 0 amide bonds. The van der Waals surface area contributed by atoms with Gasteiger partial charge in [0.15, 0.2) is 5.78 Å². The lowest BCUT2D eigenvalue weighted by Crippen LogP contribution is -2.38. The maximum absolute atomic E-state index is 13.0. The standard InChI is InChI=1S/C29H36N2O4/c1-19-6-7-20-8-15-31(23(20)16-19)21-9-12-30(13-10-21)14-11-22-25(33-4)17-26(34-5)27-24(32)18-29(2,3)35-28(22)27/h6-8,15-17,21H,9-14,18H2,1-5H3. The maximum Gasteiger partial charge on any atom is 0.174 e. The molecule has 1 aromatic heterocycles. The third-order valence-electron chi connectivity index (χ3n) is 7.50. The number of carbonyl (C=O) groups is 1. The van der Waals surface area contributed by atoms with Gasteiger partial charge in [0.1, 0.15) is 28.4 Å². The van der Waals surface area contributed by atoms with Crippen LogP contribution in [0.25, 0.3) is 10.9 Å². The van der Waals surface area contributed by atoms with E-state index in [4.69, 9.17) is 14.2 Å². The summed E-state index contributed by atoms with van der Waals surface area (Å²) in [5.74, 6) is 1.93. The third kappa shape index (κ3) is 4.52. The quantitative estimate of drug-likeness (QED) is 0.464. The Balaban J connectivity index is 1.32. The van der Waals surface area contributed by atoms with E-state index in [1.165, 1.54) is 16.5 Å². The number of methoxy groups -OCH3 is 2. The molecule has 2 aliphatic rings. The van der Waals surface area contributed by atoms with Crippen LogP contribution in [0.15, 0.2) is 36.5 Å². The van der Waals surface area contributed by atoms with Crippen LogP contribution >= 0.6 is 0 Å². The van der Waals surface area contributed by atoms with E-state index in [2.05, 4.69) is 46.9 Å². The molecule has 0 unspecified atom stereocenters. The second-order valence-electron chi connectivity index (χ2n) is 10.5. The molecule has 5 rings (SSSR count). The van der Waals surface area contributed by atoms with Crippen LogP contribution in [0.3, 0.4) is 0 Å². The van der Waals surface area contributed by atoms with Crippen molar-refractivity contribution in [2.45, 2.75) is 58.1 Å². The number of hydrogen-bond donors (Lipinski definition) is 0. The minimum atomic E-state index is -0.549. The first-order valence-corrected chi connectivity index (χ1v) is 12.6. The summed E-state index contributed by atoms with van der Waals surface area (Å²) in [6, 6.07) is 11.3. The monoisotopic (exact) mass is 476 g/mol. The molecule has 0 saturated carbocycles. The number of fused-ring (bicyclic) bond motifs is 2. The van der Waals surface area contributed by atoms with Crippen LogP contribution < -0.4 is 14.2 Å². The number of piperidine rings is 1. The Morgan fingerprint density at radius 3 is 2.51 bits per heavy atom. The van der Waals surface area contributed by atoms with Crippen molar-refractivity contribution < 1.29 is 19.0 Å². The normalized spacial score (nSPS) is 18.4. The molecule has 6 nitrogen and oxygen atoms in total. The number of aromatic nitrogens is 1. The van der Waals surface area contributed by atoms with E-state index in [1.807, 2.05) is 19.9 Å². The van der Waals surface area contributed by atoms with Crippen LogP contribution in [-0.2, 0) is 6.42 Å². The Bertz CT molecular complexity index is 1250.